The molecule has 0 aliphatic carbocycles. The monoisotopic (exact) mass is 310 g/mol. The SMILES string of the molecule is O=C1CCC2CN(CCn3cc(-c4ccccc4)cn3)CCN12. The quantitative estimate of drug-likeness (QED) is 0.865. The lowest BCUT2D eigenvalue weighted by Crippen LogP contribution is -2.51. The molecule has 0 radical (unpaired) electrons. The smallest absolute Gasteiger partial charge is 0.222 e. The van der Waals surface area contributed by atoms with Crippen molar-refractivity contribution in [1.82, 2.24) is 19.6 Å². The molecule has 2 aliphatic rings. The van der Waals surface area contributed by atoms with E-state index >= 15 is 0 Å². The fourth-order valence-electron chi connectivity index (χ4n) is 3.64. The van der Waals surface area contributed by atoms with Gasteiger partial charge in [0.15, 0.2) is 0 Å². The van der Waals surface area contributed by atoms with Crippen molar-refractivity contribution in [2.45, 2.75) is 25.4 Å². The minimum atomic E-state index is 0.342. The van der Waals surface area contributed by atoms with E-state index in [0.717, 1.165) is 51.1 Å². The Bertz CT molecular complexity index is 681. The van der Waals surface area contributed by atoms with Gasteiger partial charge in [-0.25, -0.2) is 0 Å². The van der Waals surface area contributed by atoms with Crippen molar-refractivity contribution in [3.8, 4) is 11.1 Å². The molecule has 2 aliphatic heterocycles. The molecule has 1 amide bonds. The van der Waals surface area contributed by atoms with Crippen molar-refractivity contribution < 1.29 is 4.79 Å². The number of benzene rings is 1. The molecule has 120 valence electrons. The van der Waals surface area contributed by atoms with Gasteiger partial charge in [-0.3, -0.25) is 14.4 Å². The molecular formula is C18H22N4O. The zero-order chi connectivity index (χ0) is 15.6. The third-order valence-corrected chi connectivity index (χ3v) is 4.96. The second kappa shape index (κ2) is 6.16. The van der Waals surface area contributed by atoms with Crippen LogP contribution in [0.3, 0.4) is 0 Å². The lowest BCUT2D eigenvalue weighted by Gasteiger charge is -2.37. The summed E-state index contributed by atoms with van der Waals surface area (Å²) in [5.41, 5.74) is 2.37. The van der Waals surface area contributed by atoms with Crippen LogP contribution in [0.1, 0.15) is 12.8 Å². The average molecular weight is 310 g/mol. The molecule has 1 unspecified atom stereocenters. The van der Waals surface area contributed by atoms with Gasteiger partial charge in [0.1, 0.15) is 0 Å². The number of carbonyl (C=O) groups is 1. The molecule has 2 saturated heterocycles. The zero-order valence-corrected chi connectivity index (χ0v) is 13.3. The van der Waals surface area contributed by atoms with E-state index in [1.165, 1.54) is 5.56 Å². The van der Waals surface area contributed by atoms with Gasteiger partial charge in [0.2, 0.25) is 5.91 Å². The Labute approximate surface area is 136 Å². The molecule has 3 heterocycles. The predicted octanol–water partition coefficient (Wildman–Crippen LogP) is 1.86. The standard InChI is InChI=1S/C18H22N4O/c23-18-7-6-17-14-20(9-11-22(17)18)8-10-21-13-16(12-19-21)15-4-2-1-3-5-15/h1-5,12-13,17H,6-11,14H2. The van der Waals surface area contributed by atoms with Gasteiger partial charge in [-0.15, -0.1) is 0 Å². The van der Waals surface area contributed by atoms with E-state index in [9.17, 15) is 4.79 Å². The third kappa shape index (κ3) is 3.01. The molecule has 2 aromatic rings. The van der Waals surface area contributed by atoms with E-state index < -0.39 is 0 Å². The molecule has 5 nitrogen and oxygen atoms in total. The molecule has 1 aromatic carbocycles. The maximum absolute atomic E-state index is 11.7. The number of hydrogen-bond donors (Lipinski definition) is 0. The molecule has 0 bridgehead atoms. The van der Waals surface area contributed by atoms with Gasteiger partial charge < -0.3 is 4.90 Å². The molecule has 4 rings (SSSR count). The predicted molar refractivity (Wildman–Crippen MR) is 88.8 cm³/mol. The molecule has 1 aromatic heterocycles. The number of carbonyl (C=O) groups excluding carboxylic acids is 1. The molecule has 23 heavy (non-hydrogen) atoms. The number of hydrogen-bond acceptors (Lipinski definition) is 3. The van der Waals surface area contributed by atoms with Crippen LogP contribution in [0, 0.1) is 0 Å². The Morgan fingerprint density at radius 3 is 2.83 bits per heavy atom. The van der Waals surface area contributed by atoms with E-state index in [1.54, 1.807) is 0 Å². The molecule has 0 N–H and O–H groups in total. The summed E-state index contributed by atoms with van der Waals surface area (Å²) in [6, 6.07) is 10.8. The Hall–Kier alpha value is -2.14. The van der Waals surface area contributed by atoms with Crippen molar-refractivity contribution in [2.75, 3.05) is 26.2 Å². The van der Waals surface area contributed by atoms with Crippen LogP contribution >= 0.6 is 0 Å². The van der Waals surface area contributed by atoms with Crippen LogP contribution in [0.5, 0.6) is 0 Å². The second-order valence-electron chi connectivity index (χ2n) is 6.44. The topological polar surface area (TPSA) is 41.4 Å². The normalized spacial score (nSPS) is 21.7. The van der Waals surface area contributed by atoms with Gasteiger partial charge >= 0.3 is 0 Å². The lowest BCUT2D eigenvalue weighted by atomic mass is 10.1. The first-order valence-electron chi connectivity index (χ1n) is 8.39. The summed E-state index contributed by atoms with van der Waals surface area (Å²) in [6.07, 6.45) is 5.81. The Morgan fingerprint density at radius 2 is 1.96 bits per heavy atom. The van der Waals surface area contributed by atoms with Crippen LogP contribution in [0.15, 0.2) is 42.7 Å². The van der Waals surface area contributed by atoms with Gasteiger partial charge in [-0.05, 0) is 12.0 Å². The molecule has 5 heteroatoms. The average Bonchev–Trinajstić information content (AvgIpc) is 3.21. The fraction of sp³-hybridized carbons (Fsp3) is 0.444. The highest BCUT2D eigenvalue weighted by Gasteiger charge is 2.35. The van der Waals surface area contributed by atoms with E-state index in [2.05, 4.69) is 45.4 Å². The summed E-state index contributed by atoms with van der Waals surface area (Å²) in [5, 5.41) is 4.48. The molecule has 0 saturated carbocycles. The van der Waals surface area contributed by atoms with E-state index in [1.807, 2.05) is 16.9 Å². The first kappa shape index (κ1) is 14.5. The Morgan fingerprint density at radius 1 is 1.09 bits per heavy atom. The highest BCUT2D eigenvalue weighted by atomic mass is 16.2. The summed E-state index contributed by atoms with van der Waals surface area (Å²) in [6.45, 7) is 4.77. The Kier molecular flexibility index (Phi) is 3.87. The van der Waals surface area contributed by atoms with E-state index in [0.29, 0.717) is 11.9 Å². The van der Waals surface area contributed by atoms with Crippen LogP contribution < -0.4 is 0 Å². The van der Waals surface area contributed by atoms with Crippen LogP contribution in [0.2, 0.25) is 0 Å². The molecule has 1 atom stereocenters. The molecule has 0 spiro atoms. The van der Waals surface area contributed by atoms with Crippen LogP contribution in [0.25, 0.3) is 11.1 Å². The molecular weight excluding hydrogens is 288 g/mol. The van der Waals surface area contributed by atoms with Crippen LogP contribution in [-0.2, 0) is 11.3 Å². The highest BCUT2D eigenvalue weighted by molar-refractivity contribution is 5.78. The summed E-state index contributed by atoms with van der Waals surface area (Å²) < 4.78 is 2.02. The number of aromatic nitrogens is 2. The van der Waals surface area contributed by atoms with Crippen LogP contribution in [0.4, 0.5) is 0 Å². The number of amides is 1. The number of rotatable bonds is 4. The minimum Gasteiger partial charge on any atom is -0.337 e. The van der Waals surface area contributed by atoms with Gasteiger partial charge in [0.05, 0.1) is 12.7 Å². The highest BCUT2D eigenvalue weighted by Crippen LogP contribution is 2.23. The number of nitrogens with zero attached hydrogens (tertiary/aromatic N) is 4. The van der Waals surface area contributed by atoms with Crippen molar-refractivity contribution in [3.05, 3.63) is 42.7 Å². The first-order valence-corrected chi connectivity index (χ1v) is 8.39. The van der Waals surface area contributed by atoms with E-state index in [-0.39, 0.29) is 0 Å². The maximum atomic E-state index is 11.7. The Balaban J connectivity index is 1.33. The molecule has 2 fully saturated rings. The van der Waals surface area contributed by atoms with Crippen molar-refractivity contribution >= 4 is 5.91 Å². The summed E-state index contributed by atoms with van der Waals surface area (Å²) >= 11 is 0. The number of fused-ring (bicyclic) bond motifs is 1. The minimum absolute atomic E-state index is 0.342. The second-order valence-corrected chi connectivity index (χ2v) is 6.44. The number of piperazine rings is 1. The zero-order valence-electron chi connectivity index (χ0n) is 13.3. The largest absolute Gasteiger partial charge is 0.337 e. The third-order valence-electron chi connectivity index (χ3n) is 4.96. The van der Waals surface area contributed by atoms with E-state index in [4.69, 9.17) is 0 Å². The first-order chi connectivity index (χ1) is 11.3. The van der Waals surface area contributed by atoms with Crippen molar-refractivity contribution in [2.24, 2.45) is 0 Å². The van der Waals surface area contributed by atoms with Gasteiger partial charge in [0.25, 0.3) is 0 Å². The summed E-state index contributed by atoms with van der Waals surface area (Å²) in [7, 11) is 0. The summed E-state index contributed by atoms with van der Waals surface area (Å²) in [4.78, 5) is 16.3. The lowest BCUT2D eigenvalue weighted by molar-refractivity contribution is -0.130. The van der Waals surface area contributed by atoms with Gasteiger partial charge in [-0.1, -0.05) is 30.3 Å². The van der Waals surface area contributed by atoms with Gasteiger partial charge in [-0.2, -0.15) is 5.10 Å². The maximum Gasteiger partial charge on any atom is 0.222 e. The van der Waals surface area contributed by atoms with Crippen molar-refractivity contribution in [1.29, 1.82) is 0 Å². The summed E-state index contributed by atoms with van der Waals surface area (Å²) in [5.74, 6) is 0.342. The fourth-order valence-corrected chi connectivity index (χ4v) is 3.64. The van der Waals surface area contributed by atoms with Gasteiger partial charge in [0, 0.05) is 50.4 Å². The van der Waals surface area contributed by atoms with Crippen LogP contribution in [-0.4, -0.2) is 57.7 Å². The van der Waals surface area contributed by atoms with Crippen molar-refractivity contribution in [3.63, 3.8) is 0 Å².